The van der Waals surface area contributed by atoms with Crippen LogP contribution in [0.15, 0.2) is 6.07 Å². The summed E-state index contributed by atoms with van der Waals surface area (Å²) >= 11 is 1.39. The van der Waals surface area contributed by atoms with E-state index in [4.69, 9.17) is 0 Å². The molecule has 4 nitrogen and oxygen atoms in total. The van der Waals surface area contributed by atoms with Crippen LogP contribution in [0.2, 0.25) is 0 Å². The summed E-state index contributed by atoms with van der Waals surface area (Å²) in [5.41, 5.74) is -1.01. The van der Waals surface area contributed by atoms with Crippen LogP contribution in [-0.4, -0.2) is 9.91 Å². The van der Waals surface area contributed by atoms with E-state index in [1.807, 2.05) is 0 Å². The highest BCUT2D eigenvalue weighted by Crippen LogP contribution is 2.28. The number of halogens is 4. The van der Waals surface area contributed by atoms with Crippen LogP contribution in [0.3, 0.4) is 0 Å². The molecule has 0 aliphatic heterocycles. The van der Waals surface area contributed by atoms with Crippen molar-refractivity contribution in [2.45, 2.75) is 6.43 Å². The van der Waals surface area contributed by atoms with Gasteiger partial charge in [0.05, 0.1) is 0 Å². The quantitative estimate of drug-likeness (QED) is 0.365. The van der Waals surface area contributed by atoms with Gasteiger partial charge in [-0.15, -0.1) is 0 Å². The van der Waals surface area contributed by atoms with Crippen LogP contribution in [0.1, 0.15) is 12.0 Å². The molecule has 1 aromatic rings. The highest BCUT2D eigenvalue weighted by atomic mass is 127. The van der Waals surface area contributed by atoms with Gasteiger partial charge in [0.1, 0.15) is 5.56 Å². The van der Waals surface area contributed by atoms with Crippen molar-refractivity contribution in [2.75, 3.05) is 0 Å². The summed E-state index contributed by atoms with van der Waals surface area (Å²) in [6.07, 6.45) is -3.12. The summed E-state index contributed by atoms with van der Waals surface area (Å²) in [5, 5.41) is 10.3. The van der Waals surface area contributed by atoms with Crippen LogP contribution in [0, 0.1) is 19.6 Å². The van der Waals surface area contributed by atoms with Gasteiger partial charge in [-0.25, -0.2) is 13.2 Å². The van der Waals surface area contributed by atoms with Gasteiger partial charge >= 0.3 is 5.82 Å². The van der Waals surface area contributed by atoms with Crippen molar-refractivity contribution < 1.29 is 18.1 Å². The number of hydrogen-bond donors (Lipinski definition) is 0. The van der Waals surface area contributed by atoms with Gasteiger partial charge in [0, 0.05) is 22.6 Å². The van der Waals surface area contributed by atoms with E-state index in [1.165, 1.54) is 22.6 Å². The SMILES string of the molecule is O=[N+]([O-])c1nc(I)c(F)cc1C(F)F. The van der Waals surface area contributed by atoms with Gasteiger partial charge in [-0.2, -0.15) is 0 Å². The zero-order chi connectivity index (χ0) is 10.9. The standard InChI is InChI=1S/C6H2F3IN2O2/c7-3-1-2(4(8)9)6(12(13)14)11-5(3)10/h1,4H. The van der Waals surface area contributed by atoms with Crippen molar-refractivity contribution >= 4 is 28.4 Å². The molecule has 1 aromatic heterocycles. The molecule has 76 valence electrons. The first-order chi connectivity index (χ1) is 6.43. The maximum Gasteiger partial charge on any atom is 0.373 e. The third-order valence-electron chi connectivity index (χ3n) is 1.35. The molecule has 0 unspecified atom stereocenters. The first-order valence-electron chi connectivity index (χ1n) is 3.22. The summed E-state index contributed by atoms with van der Waals surface area (Å²) in [4.78, 5) is 12.3. The van der Waals surface area contributed by atoms with Crippen LogP contribution in [0.4, 0.5) is 19.0 Å². The first kappa shape index (κ1) is 11.1. The third-order valence-corrected chi connectivity index (χ3v) is 2.11. The molecule has 0 aliphatic rings. The van der Waals surface area contributed by atoms with Gasteiger partial charge in [0.25, 0.3) is 6.43 Å². The lowest BCUT2D eigenvalue weighted by atomic mass is 10.2. The molecule has 0 radical (unpaired) electrons. The van der Waals surface area contributed by atoms with E-state index in [0.29, 0.717) is 6.07 Å². The van der Waals surface area contributed by atoms with E-state index < -0.39 is 28.5 Å². The molecular weight excluding hydrogens is 316 g/mol. The summed E-state index contributed by atoms with van der Waals surface area (Å²) < 4.78 is 36.8. The predicted octanol–water partition coefficient (Wildman–Crippen LogP) is 2.67. The monoisotopic (exact) mass is 318 g/mol. The molecule has 0 amide bonds. The lowest BCUT2D eigenvalue weighted by Crippen LogP contribution is -2.02. The van der Waals surface area contributed by atoms with Gasteiger partial charge < -0.3 is 10.1 Å². The fourth-order valence-electron chi connectivity index (χ4n) is 0.778. The van der Waals surface area contributed by atoms with Gasteiger partial charge in [0.15, 0.2) is 5.82 Å². The second-order valence-electron chi connectivity index (χ2n) is 2.23. The Balaban J connectivity index is 3.39. The number of hydrogen-bond acceptors (Lipinski definition) is 3. The summed E-state index contributed by atoms with van der Waals surface area (Å²) in [5.74, 6) is -2.00. The molecule has 0 saturated heterocycles. The molecule has 0 N–H and O–H groups in total. The Hall–Kier alpha value is -0.930. The van der Waals surface area contributed by atoms with Crippen molar-refractivity contribution in [1.82, 2.24) is 4.98 Å². The lowest BCUT2D eigenvalue weighted by Gasteiger charge is -2.01. The van der Waals surface area contributed by atoms with Crippen LogP contribution in [0.5, 0.6) is 0 Å². The Kier molecular flexibility index (Phi) is 3.24. The van der Waals surface area contributed by atoms with Crippen molar-refractivity contribution in [3.63, 3.8) is 0 Å². The van der Waals surface area contributed by atoms with Gasteiger partial charge in [-0.3, -0.25) is 0 Å². The molecular formula is C6H2F3IN2O2. The van der Waals surface area contributed by atoms with Crippen molar-refractivity contribution in [2.24, 2.45) is 0 Å². The minimum Gasteiger partial charge on any atom is -0.358 e. The average molecular weight is 318 g/mol. The van der Waals surface area contributed by atoms with Crippen molar-refractivity contribution in [1.29, 1.82) is 0 Å². The summed E-state index contributed by atoms with van der Waals surface area (Å²) in [7, 11) is 0. The van der Waals surface area contributed by atoms with E-state index >= 15 is 0 Å². The van der Waals surface area contributed by atoms with E-state index in [2.05, 4.69) is 4.98 Å². The number of aromatic nitrogens is 1. The fourth-order valence-corrected chi connectivity index (χ4v) is 1.16. The molecule has 0 saturated carbocycles. The van der Waals surface area contributed by atoms with Crippen molar-refractivity contribution in [3.8, 4) is 0 Å². The second kappa shape index (κ2) is 4.07. The topological polar surface area (TPSA) is 56.0 Å². The minimum atomic E-state index is -3.12. The highest BCUT2D eigenvalue weighted by molar-refractivity contribution is 14.1. The van der Waals surface area contributed by atoms with Crippen LogP contribution < -0.4 is 0 Å². The van der Waals surface area contributed by atoms with Gasteiger partial charge in [0.2, 0.25) is 3.70 Å². The zero-order valence-corrected chi connectivity index (χ0v) is 8.53. The Morgan fingerprint density at radius 1 is 1.57 bits per heavy atom. The minimum absolute atomic E-state index is 0.307. The Morgan fingerprint density at radius 2 is 2.14 bits per heavy atom. The fraction of sp³-hybridized carbons (Fsp3) is 0.167. The van der Waals surface area contributed by atoms with Crippen LogP contribution in [0.25, 0.3) is 0 Å². The lowest BCUT2D eigenvalue weighted by molar-refractivity contribution is -0.391. The van der Waals surface area contributed by atoms with Crippen LogP contribution in [-0.2, 0) is 0 Å². The molecule has 8 heteroatoms. The molecule has 0 fully saturated rings. The predicted molar refractivity (Wildman–Crippen MR) is 48.5 cm³/mol. The first-order valence-corrected chi connectivity index (χ1v) is 4.30. The van der Waals surface area contributed by atoms with E-state index in [-0.39, 0.29) is 3.70 Å². The Labute approximate surface area is 89.4 Å². The maximum absolute atomic E-state index is 12.8. The number of rotatable bonds is 2. The van der Waals surface area contributed by atoms with Gasteiger partial charge in [-0.05, 0) is 16.0 Å². The van der Waals surface area contributed by atoms with Crippen molar-refractivity contribution in [3.05, 3.63) is 31.3 Å². The second-order valence-corrected chi connectivity index (χ2v) is 3.25. The zero-order valence-electron chi connectivity index (χ0n) is 6.38. The number of pyridine rings is 1. The average Bonchev–Trinajstić information content (AvgIpc) is 2.08. The van der Waals surface area contributed by atoms with E-state index in [1.54, 1.807) is 0 Å². The molecule has 14 heavy (non-hydrogen) atoms. The molecule has 1 heterocycles. The molecule has 0 bridgehead atoms. The summed E-state index contributed by atoms with van der Waals surface area (Å²) in [6.45, 7) is 0. The molecule has 0 spiro atoms. The largest absolute Gasteiger partial charge is 0.373 e. The Morgan fingerprint density at radius 3 is 2.57 bits per heavy atom. The maximum atomic E-state index is 12.8. The van der Waals surface area contributed by atoms with E-state index in [0.717, 1.165) is 0 Å². The highest BCUT2D eigenvalue weighted by Gasteiger charge is 2.26. The van der Waals surface area contributed by atoms with Crippen LogP contribution >= 0.6 is 22.6 Å². The van der Waals surface area contributed by atoms with E-state index in [9.17, 15) is 23.3 Å². The van der Waals surface area contributed by atoms with Gasteiger partial charge in [-0.1, -0.05) is 0 Å². The smallest absolute Gasteiger partial charge is 0.358 e. The number of alkyl halides is 2. The molecule has 0 atom stereocenters. The number of nitrogens with zero attached hydrogens (tertiary/aromatic N) is 2. The molecule has 0 aliphatic carbocycles. The summed E-state index contributed by atoms with van der Waals surface area (Å²) in [6, 6.07) is 0.428. The third kappa shape index (κ3) is 2.11. The normalized spacial score (nSPS) is 10.6. The number of nitro groups is 1. The Bertz CT molecular complexity index is 386. The molecule has 0 aromatic carbocycles. The molecule has 1 rings (SSSR count).